The predicted molar refractivity (Wildman–Crippen MR) is 73.2 cm³/mol. The first-order chi connectivity index (χ1) is 10.0. The molecule has 0 aromatic carbocycles. The fourth-order valence-electron chi connectivity index (χ4n) is 2.36. The summed E-state index contributed by atoms with van der Waals surface area (Å²) >= 11 is 0. The van der Waals surface area contributed by atoms with Crippen LogP contribution in [0.3, 0.4) is 0 Å². The summed E-state index contributed by atoms with van der Waals surface area (Å²) in [5.41, 5.74) is -2.21. The molecule has 0 saturated carbocycles. The van der Waals surface area contributed by atoms with E-state index >= 15 is 0 Å². The molecule has 1 aliphatic heterocycles. The summed E-state index contributed by atoms with van der Waals surface area (Å²) in [6.45, 7) is 2.50. The minimum Gasteiger partial charge on any atom is -0.390 e. The van der Waals surface area contributed by atoms with Gasteiger partial charge in [-0.05, 0) is 13.8 Å². The molecule has 1 aromatic heterocycles. The first-order valence-electron chi connectivity index (χ1n) is 6.41. The number of phosphoric acid groups is 1. The molecule has 0 unspecified atom stereocenters. The highest BCUT2D eigenvalue weighted by Crippen LogP contribution is 2.39. The lowest BCUT2D eigenvalue weighted by Crippen LogP contribution is -2.43. The minimum absolute atomic E-state index is 0.00637. The van der Waals surface area contributed by atoms with Crippen molar-refractivity contribution in [3.05, 3.63) is 32.6 Å². The number of nitrogens with one attached hydrogen (secondary N) is 1. The number of ether oxygens (including phenoxy) is 1. The molecule has 1 aromatic rings. The Morgan fingerprint density at radius 1 is 1.55 bits per heavy atom. The Hall–Kier alpha value is -1.29. The molecule has 124 valence electrons. The van der Waals surface area contributed by atoms with E-state index in [1.165, 1.54) is 20.0 Å². The van der Waals surface area contributed by atoms with Gasteiger partial charge < -0.3 is 19.6 Å². The average Bonchev–Trinajstić information content (AvgIpc) is 2.66. The van der Waals surface area contributed by atoms with Gasteiger partial charge in [0.2, 0.25) is 0 Å². The second-order valence-corrected chi connectivity index (χ2v) is 6.57. The van der Waals surface area contributed by atoms with Crippen molar-refractivity contribution in [1.82, 2.24) is 9.55 Å². The van der Waals surface area contributed by atoms with E-state index in [1.807, 2.05) is 0 Å². The number of hydrogen-bond acceptors (Lipinski definition) is 6. The summed E-state index contributed by atoms with van der Waals surface area (Å²) in [7, 11) is -4.69. The van der Waals surface area contributed by atoms with Crippen molar-refractivity contribution in [2.45, 2.75) is 38.2 Å². The van der Waals surface area contributed by atoms with Gasteiger partial charge in [0.25, 0.3) is 5.56 Å². The standard InChI is InChI=1S/C11H17N2O8P/c1-6-4-13(10(16)12-9(6)15)11(2)3-7(14)8(21-11)5-20-22(17,18)19/h4,7-8,14H,3,5H2,1-2H3,(H,12,15,16)(H2,17,18,19)/t7-,8+,11+/m0/s1. The molecule has 22 heavy (non-hydrogen) atoms. The van der Waals surface area contributed by atoms with Gasteiger partial charge in [0.05, 0.1) is 12.7 Å². The van der Waals surface area contributed by atoms with E-state index in [4.69, 9.17) is 14.5 Å². The van der Waals surface area contributed by atoms with E-state index in [1.54, 1.807) is 0 Å². The summed E-state index contributed by atoms with van der Waals surface area (Å²) in [5.74, 6) is 0. The summed E-state index contributed by atoms with van der Waals surface area (Å²) < 4.78 is 21.7. The molecule has 11 heteroatoms. The molecule has 10 nitrogen and oxygen atoms in total. The Morgan fingerprint density at radius 2 is 2.18 bits per heavy atom. The number of aromatic nitrogens is 2. The summed E-state index contributed by atoms with van der Waals surface area (Å²) in [6, 6.07) is 0. The molecular formula is C11H17N2O8P. The Balaban J connectivity index is 2.26. The lowest BCUT2D eigenvalue weighted by molar-refractivity contribution is -0.106. The average molecular weight is 336 g/mol. The molecule has 1 saturated heterocycles. The van der Waals surface area contributed by atoms with Crippen molar-refractivity contribution in [2.24, 2.45) is 0 Å². The monoisotopic (exact) mass is 336 g/mol. The number of aromatic amines is 1. The molecule has 0 amide bonds. The Labute approximate surface area is 124 Å². The van der Waals surface area contributed by atoms with Gasteiger partial charge in [-0.25, -0.2) is 9.36 Å². The van der Waals surface area contributed by atoms with Gasteiger partial charge in [0.1, 0.15) is 11.8 Å². The highest BCUT2D eigenvalue weighted by Gasteiger charge is 2.45. The van der Waals surface area contributed by atoms with E-state index in [0.29, 0.717) is 0 Å². The van der Waals surface area contributed by atoms with E-state index < -0.39 is 43.6 Å². The Bertz CT molecular complexity index is 722. The number of nitrogens with zero attached hydrogens (tertiary/aromatic N) is 1. The van der Waals surface area contributed by atoms with E-state index in [0.717, 1.165) is 4.57 Å². The first-order valence-corrected chi connectivity index (χ1v) is 7.94. The van der Waals surface area contributed by atoms with Gasteiger partial charge in [0, 0.05) is 18.2 Å². The SMILES string of the molecule is Cc1cn([C@@]2(C)C[C@H](O)[C@@H](COP(=O)(O)O)O2)c(=O)[nH]c1=O. The third-order valence-corrected chi connectivity index (χ3v) is 3.94. The fraction of sp³-hybridized carbons (Fsp3) is 0.636. The second kappa shape index (κ2) is 5.73. The third kappa shape index (κ3) is 3.54. The Morgan fingerprint density at radius 3 is 2.77 bits per heavy atom. The van der Waals surface area contributed by atoms with Gasteiger partial charge in [-0.15, -0.1) is 0 Å². The number of aryl methyl sites for hydroxylation is 1. The largest absolute Gasteiger partial charge is 0.469 e. The molecule has 2 heterocycles. The molecule has 3 atom stereocenters. The lowest BCUT2D eigenvalue weighted by atomic mass is 10.1. The maximum atomic E-state index is 11.9. The van der Waals surface area contributed by atoms with Crippen LogP contribution in [0.25, 0.3) is 0 Å². The van der Waals surface area contributed by atoms with Gasteiger partial charge in [-0.2, -0.15) is 0 Å². The summed E-state index contributed by atoms with van der Waals surface area (Å²) in [6.07, 6.45) is -0.805. The van der Waals surface area contributed by atoms with Crippen molar-refractivity contribution >= 4 is 7.82 Å². The topological polar surface area (TPSA) is 151 Å². The molecular weight excluding hydrogens is 319 g/mol. The van der Waals surface area contributed by atoms with Crippen LogP contribution in [0, 0.1) is 6.92 Å². The smallest absolute Gasteiger partial charge is 0.390 e. The van der Waals surface area contributed by atoms with Crippen molar-refractivity contribution < 1.29 is 28.7 Å². The number of aliphatic hydroxyl groups excluding tert-OH is 1. The quantitative estimate of drug-likeness (QED) is 0.499. The highest BCUT2D eigenvalue weighted by molar-refractivity contribution is 7.46. The zero-order valence-corrected chi connectivity index (χ0v) is 12.8. The van der Waals surface area contributed by atoms with Gasteiger partial charge >= 0.3 is 13.5 Å². The third-order valence-electron chi connectivity index (χ3n) is 3.46. The maximum absolute atomic E-state index is 11.9. The molecule has 4 N–H and O–H groups in total. The van der Waals surface area contributed by atoms with Gasteiger partial charge in [0.15, 0.2) is 0 Å². The normalized spacial score (nSPS) is 29.0. The zero-order valence-electron chi connectivity index (χ0n) is 11.9. The van der Waals surface area contributed by atoms with Gasteiger partial charge in [-0.1, -0.05) is 0 Å². The van der Waals surface area contributed by atoms with Crippen LogP contribution in [0.2, 0.25) is 0 Å². The van der Waals surface area contributed by atoms with E-state index in [9.17, 15) is 19.3 Å². The first kappa shape index (κ1) is 17.1. The van der Waals surface area contributed by atoms with E-state index in [-0.39, 0.29) is 12.0 Å². The fourth-order valence-corrected chi connectivity index (χ4v) is 2.70. The van der Waals surface area contributed by atoms with Crippen molar-refractivity contribution in [2.75, 3.05) is 6.61 Å². The molecule has 1 fully saturated rings. The molecule has 0 aliphatic carbocycles. The van der Waals surface area contributed by atoms with Crippen LogP contribution in [0.4, 0.5) is 0 Å². The van der Waals surface area contributed by atoms with Crippen molar-refractivity contribution in [1.29, 1.82) is 0 Å². The van der Waals surface area contributed by atoms with Crippen LogP contribution >= 0.6 is 7.82 Å². The number of phosphoric ester groups is 1. The Kier molecular flexibility index (Phi) is 4.44. The van der Waals surface area contributed by atoms with Crippen LogP contribution in [0.1, 0.15) is 18.9 Å². The minimum atomic E-state index is -4.69. The molecule has 2 rings (SSSR count). The van der Waals surface area contributed by atoms with Gasteiger partial charge in [-0.3, -0.25) is 18.9 Å². The molecule has 0 spiro atoms. The van der Waals surface area contributed by atoms with Crippen LogP contribution in [-0.2, 0) is 19.6 Å². The molecule has 0 bridgehead atoms. The van der Waals surface area contributed by atoms with Crippen LogP contribution in [0.5, 0.6) is 0 Å². The molecule has 1 aliphatic rings. The zero-order chi connectivity index (χ0) is 16.7. The number of aliphatic hydroxyl groups is 1. The van der Waals surface area contributed by atoms with E-state index in [2.05, 4.69) is 9.51 Å². The van der Waals surface area contributed by atoms with Crippen molar-refractivity contribution in [3.8, 4) is 0 Å². The van der Waals surface area contributed by atoms with Crippen molar-refractivity contribution in [3.63, 3.8) is 0 Å². The highest BCUT2D eigenvalue weighted by atomic mass is 31.2. The predicted octanol–water partition coefficient (Wildman–Crippen LogP) is -1.22. The summed E-state index contributed by atoms with van der Waals surface area (Å²) in [4.78, 5) is 42.8. The lowest BCUT2D eigenvalue weighted by Gasteiger charge is -2.27. The summed E-state index contributed by atoms with van der Waals surface area (Å²) in [5, 5.41) is 9.95. The van der Waals surface area contributed by atoms with Crippen LogP contribution < -0.4 is 11.2 Å². The number of hydrogen-bond donors (Lipinski definition) is 4. The second-order valence-electron chi connectivity index (χ2n) is 5.33. The number of H-pyrrole nitrogens is 1. The van der Waals surface area contributed by atoms with Crippen LogP contribution in [-0.4, -0.2) is 43.3 Å². The molecule has 0 radical (unpaired) electrons. The van der Waals surface area contributed by atoms with Crippen LogP contribution in [0.15, 0.2) is 15.8 Å². The maximum Gasteiger partial charge on any atom is 0.469 e. The number of rotatable bonds is 4.